The first-order chi connectivity index (χ1) is 14.6. The number of aliphatic imine (C=N–C) groups is 1. The molecule has 0 aliphatic carbocycles. The molecule has 1 aromatic carbocycles. The zero-order valence-electron chi connectivity index (χ0n) is 18.6. The van der Waals surface area contributed by atoms with E-state index in [9.17, 15) is 4.79 Å². The first-order valence-electron chi connectivity index (χ1n) is 10.7. The average molecular weight is 539 g/mol. The van der Waals surface area contributed by atoms with Crippen LogP contribution in [0.1, 0.15) is 35.7 Å². The lowest BCUT2D eigenvalue weighted by Crippen LogP contribution is -2.51. The highest BCUT2D eigenvalue weighted by Crippen LogP contribution is 2.19. The first-order valence-corrected chi connectivity index (χ1v) is 10.7. The van der Waals surface area contributed by atoms with Gasteiger partial charge < -0.3 is 20.9 Å². The van der Waals surface area contributed by atoms with Crippen LogP contribution in [0.2, 0.25) is 0 Å². The summed E-state index contributed by atoms with van der Waals surface area (Å²) in [5.74, 6) is 0.781. The summed E-state index contributed by atoms with van der Waals surface area (Å²) >= 11 is 0. The van der Waals surface area contributed by atoms with Gasteiger partial charge in [-0.05, 0) is 43.9 Å². The third kappa shape index (κ3) is 7.41. The number of carbonyl (C=O) groups is 1. The Balaban J connectivity index is 0.00000341. The van der Waals surface area contributed by atoms with Gasteiger partial charge in [-0.1, -0.05) is 12.1 Å². The molecule has 1 aliphatic heterocycles. The van der Waals surface area contributed by atoms with Gasteiger partial charge in [0.2, 0.25) is 0 Å². The van der Waals surface area contributed by atoms with Gasteiger partial charge in [-0.25, -0.2) is 0 Å². The van der Waals surface area contributed by atoms with E-state index in [1.165, 1.54) is 5.69 Å². The second-order valence-electron chi connectivity index (χ2n) is 7.59. The number of anilines is 1. The van der Waals surface area contributed by atoms with Crippen LogP contribution in [0.5, 0.6) is 0 Å². The van der Waals surface area contributed by atoms with Crippen LogP contribution in [-0.2, 0) is 13.5 Å². The molecule has 9 heteroatoms. The molecule has 0 bridgehead atoms. The maximum absolute atomic E-state index is 11.8. The smallest absolute Gasteiger partial charge is 0.251 e. The Kier molecular flexibility index (Phi) is 10.1. The van der Waals surface area contributed by atoms with Gasteiger partial charge in [-0.2, -0.15) is 5.10 Å². The van der Waals surface area contributed by atoms with Crippen molar-refractivity contribution in [1.29, 1.82) is 0 Å². The summed E-state index contributed by atoms with van der Waals surface area (Å²) in [7, 11) is 3.60. The zero-order chi connectivity index (χ0) is 21.3. The number of rotatable bonds is 7. The molecule has 2 aromatic rings. The molecule has 1 fully saturated rings. The lowest BCUT2D eigenvalue weighted by atomic mass is 10.1. The molecule has 1 amide bonds. The van der Waals surface area contributed by atoms with Crippen LogP contribution in [0, 0.1) is 0 Å². The van der Waals surface area contributed by atoms with E-state index in [4.69, 9.17) is 4.99 Å². The van der Waals surface area contributed by atoms with Crippen LogP contribution in [0.15, 0.2) is 41.7 Å². The summed E-state index contributed by atoms with van der Waals surface area (Å²) in [4.78, 5) is 19.0. The van der Waals surface area contributed by atoms with Crippen LogP contribution in [-0.4, -0.2) is 60.9 Å². The Bertz CT molecular complexity index is 867. The van der Waals surface area contributed by atoms with E-state index in [-0.39, 0.29) is 29.9 Å². The van der Waals surface area contributed by atoms with Crippen molar-refractivity contribution in [2.45, 2.75) is 32.2 Å². The monoisotopic (exact) mass is 539 g/mol. The summed E-state index contributed by atoms with van der Waals surface area (Å²) in [6, 6.07) is 8.06. The predicted octanol–water partition coefficient (Wildman–Crippen LogP) is 2.16. The first kappa shape index (κ1) is 25.0. The van der Waals surface area contributed by atoms with Crippen LogP contribution >= 0.6 is 24.0 Å². The largest absolute Gasteiger partial charge is 0.367 e. The van der Waals surface area contributed by atoms with Gasteiger partial charge in [0.05, 0.1) is 11.9 Å². The predicted molar refractivity (Wildman–Crippen MR) is 137 cm³/mol. The number of piperidine rings is 1. The Labute approximate surface area is 201 Å². The number of halogens is 1. The molecular weight excluding hydrogens is 505 g/mol. The van der Waals surface area contributed by atoms with Crippen molar-refractivity contribution in [3.8, 4) is 0 Å². The number of guanidine groups is 1. The average Bonchev–Trinajstić information content (AvgIpc) is 3.20. The Hall–Kier alpha value is -2.30. The van der Waals surface area contributed by atoms with E-state index in [0.29, 0.717) is 18.2 Å². The second-order valence-corrected chi connectivity index (χ2v) is 7.59. The Morgan fingerprint density at radius 1 is 1.35 bits per heavy atom. The van der Waals surface area contributed by atoms with Crippen molar-refractivity contribution in [3.05, 3.63) is 47.8 Å². The third-order valence-corrected chi connectivity index (χ3v) is 5.25. The number of hydrogen-bond acceptors (Lipinski definition) is 4. The lowest BCUT2D eigenvalue weighted by Gasteiger charge is -2.34. The standard InChI is InChI=1S/C22H33N7O.HI/c1-4-24-22(25-11-10-17-7-5-8-18(13-17)21(30)23-2)27-19-9-6-12-29(15-19)20-14-26-28(3)16-20;/h5,7-8,13-14,16,19H,4,6,9-12,15H2,1-3H3,(H,23,30)(H2,24,25,27);1H. The van der Waals surface area contributed by atoms with Crippen molar-refractivity contribution < 1.29 is 4.79 Å². The van der Waals surface area contributed by atoms with Crippen molar-refractivity contribution in [2.75, 3.05) is 38.1 Å². The second kappa shape index (κ2) is 12.5. The van der Waals surface area contributed by atoms with Crippen LogP contribution < -0.4 is 20.9 Å². The molecule has 2 heterocycles. The molecule has 1 aliphatic rings. The summed E-state index contributed by atoms with van der Waals surface area (Å²) in [6.07, 6.45) is 7.03. The van der Waals surface area contributed by atoms with Crippen molar-refractivity contribution in [2.24, 2.45) is 12.0 Å². The van der Waals surface area contributed by atoms with Gasteiger partial charge in [0.25, 0.3) is 5.91 Å². The molecule has 0 spiro atoms. The summed E-state index contributed by atoms with van der Waals surface area (Å²) in [6.45, 7) is 5.54. The number of aryl methyl sites for hydroxylation is 1. The number of nitrogens with zero attached hydrogens (tertiary/aromatic N) is 4. The molecule has 1 aromatic heterocycles. The molecule has 1 unspecified atom stereocenters. The fourth-order valence-corrected chi connectivity index (χ4v) is 3.72. The summed E-state index contributed by atoms with van der Waals surface area (Å²) < 4.78 is 1.84. The number of hydrogen-bond donors (Lipinski definition) is 3. The normalized spacial score (nSPS) is 16.4. The lowest BCUT2D eigenvalue weighted by molar-refractivity contribution is 0.0963. The highest BCUT2D eigenvalue weighted by molar-refractivity contribution is 14.0. The van der Waals surface area contributed by atoms with E-state index in [0.717, 1.165) is 50.4 Å². The number of benzene rings is 1. The summed E-state index contributed by atoms with van der Waals surface area (Å²) in [5.41, 5.74) is 2.96. The molecule has 170 valence electrons. The highest BCUT2D eigenvalue weighted by Gasteiger charge is 2.21. The minimum Gasteiger partial charge on any atom is -0.367 e. The number of nitrogens with one attached hydrogen (secondary N) is 3. The van der Waals surface area contributed by atoms with Gasteiger partial charge >= 0.3 is 0 Å². The van der Waals surface area contributed by atoms with E-state index in [1.54, 1.807) is 7.05 Å². The van der Waals surface area contributed by atoms with Gasteiger partial charge in [-0.3, -0.25) is 14.5 Å². The molecule has 1 atom stereocenters. The van der Waals surface area contributed by atoms with E-state index in [2.05, 4.69) is 39.1 Å². The topological polar surface area (TPSA) is 86.6 Å². The van der Waals surface area contributed by atoms with E-state index < -0.39 is 0 Å². The zero-order valence-corrected chi connectivity index (χ0v) is 20.9. The minimum atomic E-state index is -0.0641. The Morgan fingerprint density at radius 2 is 2.19 bits per heavy atom. The Morgan fingerprint density at radius 3 is 2.90 bits per heavy atom. The molecule has 0 radical (unpaired) electrons. The number of carbonyl (C=O) groups excluding carboxylic acids is 1. The maximum atomic E-state index is 11.8. The van der Waals surface area contributed by atoms with Crippen LogP contribution in [0.4, 0.5) is 5.69 Å². The molecule has 3 N–H and O–H groups in total. The van der Waals surface area contributed by atoms with E-state index >= 15 is 0 Å². The van der Waals surface area contributed by atoms with Crippen molar-refractivity contribution in [1.82, 2.24) is 25.7 Å². The molecule has 0 saturated carbocycles. The maximum Gasteiger partial charge on any atom is 0.251 e. The van der Waals surface area contributed by atoms with Gasteiger partial charge in [0, 0.05) is 58.1 Å². The summed E-state index contributed by atoms with van der Waals surface area (Å²) in [5, 5.41) is 13.9. The van der Waals surface area contributed by atoms with E-state index in [1.807, 2.05) is 42.2 Å². The fourth-order valence-electron chi connectivity index (χ4n) is 3.72. The molecule has 8 nitrogen and oxygen atoms in total. The van der Waals surface area contributed by atoms with Crippen molar-refractivity contribution in [3.63, 3.8) is 0 Å². The fraction of sp³-hybridized carbons (Fsp3) is 0.500. The van der Waals surface area contributed by atoms with Crippen molar-refractivity contribution >= 4 is 41.5 Å². The molecule has 31 heavy (non-hydrogen) atoms. The molecule has 1 saturated heterocycles. The third-order valence-electron chi connectivity index (χ3n) is 5.25. The number of aromatic nitrogens is 2. The minimum absolute atomic E-state index is 0. The van der Waals surface area contributed by atoms with Gasteiger partial charge in [-0.15, -0.1) is 24.0 Å². The molecule has 3 rings (SSSR count). The van der Waals surface area contributed by atoms with Crippen LogP contribution in [0.3, 0.4) is 0 Å². The van der Waals surface area contributed by atoms with Gasteiger partial charge in [0.15, 0.2) is 5.96 Å². The quantitative estimate of drug-likeness (QED) is 0.285. The highest BCUT2D eigenvalue weighted by atomic mass is 127. The SMILES string of the molecule is CCNC(=NCCc1cccc(C(=O)NC)c1)NC1CCCN(c2cnn(C)c2)C1.I. The van der Waals surface area contributed by atoms with Gasteiger partial charge in [0.1, 0.15) is 0 Å². The van der Waals surface area contributed by atoms with Crippen LogP contribution in [0.25, 0.3) is 0 Å². The molecular formula is C22H34IN7O. The number of amides is 1.